The van der Waals surface area contributed by atoms with E-state index in [0.29, 0.717) is 24.2 Å². The summed E-state index contributed by atoms with van der Waals surface area (Å²) in [6, 6.07) is 15.3. The predicted octanol–water partition coefficient (Wildman–Crippen LogP) is 3.69. The van der Waals surface area contributed by atoms with Gasteiger partial charge in [-0.15, -0.1) is 0 Å². The molecule has 2 amide bonds. The summed E-state index contributed by atoms with van der Waals surface area (Å²) in [5.41, 5.74) is 3.80. The summed E-state index contributed by atoms with van der Waals surface area (Å²) in [6.07, 6.45) is 3.08. The quantitative estimate of drug-likeness (QED) is 0.603. The topological polar surface area (TPSA) is 95.6 Å². The van der Waals surface area contributed by atoms with Gasteiger partial charge in [0.25, 0.3) is 0 Å². The second-order valence-corrected chi connectivity index (χ2v) is 10.5. The molecule has 8 heteroatoms. The smallest absolute Gasteiger partial charge is 0.243 e. The van der Waals surface area contributed by atoms with Crippen molar-refractivity contribution >= 4 is 44.0 Å². The molecule has 1 aliphatic heterocycles. The van der Waals surface area contributed by atoms with Crippen LogP contribution in [-0.4, -0.2) is 37.1 Å². The summed E-state index contributed by atoms with van der Waals surface area (Å²) < 4.78 is 27.9. The number of sulfonamides is 1. The number of nitrogens with one attached hydrogen (secondary N) is 2. The van der Waals surface area contributed by atoms with Crippen molar-refractivity contribution in [1.29, 1.82) is 0 Å². The minimum absolute atomic E-state index is 0.0987. The van der Waals surface area contributed by atoms with Crippen LogP contribution in [0.2, 0.25) is 0 Å². The van der Waals surface area contributed by atoms with Gasteiger partial charge >= 0.3 is 0 Å². The van der Waals surface area contributed by atoms with Gasteiger partial charge in [0, 0.05) is 30.2 Å². The van der Waals surface area contributed by atoms with E-state index in [0.717, 1.165) is 18.2 Å². The van der Waals surface area contributed by atoms with Gasteiger partial charge in [0.2, 0.25) is 21.8 Å². The maximum Gasteiger partial charge on any atom is 0.243 e. The van der Waals surface area contributed by atoms with E-state index in [1.165, 1.54) is 39.9 Å². The van der Waals surface area contributed by atoms with Crippen LogP contribution < -0.4 is 10.6 Å². The highest BCUT2D eigenvalue weighted by Gasteiger charge is 2.39. The molecule has 0 bridgehead atoms. The van der Waals surface area contributed by atoms with E-state index < -0.39 is 16.1 Å². The predicted molar refractivity (Wildman–Crippen MR) is 128 cm³/mol. The molecule has 1 atom stereocenters. The summed E-state index contributed by atoms with van der Waals surface area (Å²) in [6.45, 7) is 1.68. The number of aryl methyl sites for hydroxylation is 2. The third-order valence-electron chi connectivity index (χ3n) is 6.42. The number of carbonyl (C=O) groups excluding carboxylic acids is 2. The molecule has 7 nitrogen and oxygen atoms in total. The third kappa shape index (κ3) is 3.89. The Kier molecular flexibility index (Phi) is 5.42. The first-order valence-electron chi connectivity index (χ1n) is 11.1. The number of nitrogens with zero attached hydrogens (tertiary/aromatic N) is 1. The number of carbonyl (C=O) groups is 2. The monoisotopic (exact) mass is 463 g/mol. The Labute approximate surface area is 192 Å². The number of benzene rings is 3. The maximum absolute atomic E-state index is 13.3. The van der Waals surface area contributed by atoms with Crippen LogP contribution in [0.1, 0.15) is 30.9 Å². The molecule has 33 heavy (non-hydrogen) atoms. The lowest BCUT2D eigenvalue weighted by Crippen LogP contribution is -2.43. The Balaban J connectivity index is 1.39. The van der Waals surface area contributed by atoms with Crippen molar-refractivity contribution in [3.63, 3.8) is 0 Å². The van der Waals surface area contributed by atoms with Crippen LogP contribution >= 0.6 is 0 Å². The number of rotatable bonds is 5. The largest absolute Gasteiger partial charge is 0.326 e. The zero-order valence-electron chi connectivity index (χ0n) is 18.3. The first-order chi connectivity index (χ1) is 15.8. The van der Waals surface area contributed by atoms with Crippen molar-refractivity contribution in [2.75, 3.05) is 17.2 Å². The van der Waals surface area contributed by atoms with Crippen LogP contribution in [0.3, 0.4) is 0 Å². The molecule has 0 saturated carbocycles. The van der Waals surface area contributed by atoms with Crippen molar-refractivity contribution in [2.24, 2.45) is 0 Å². The van der Waals surface area contributed by atoms with E-state index in [1.807, 2.05) is 24.3 Å². The van der Waals surface area contributed by atoms with Crippen molar-refractivity contribution in [2.45, 2.75) is 43.5 Å². The van der Waals surface area contributed by atoms with E-state index >= 15 is 0 Å². The molecule has 1 unspecified atom stereocenters. The van der Waals surface area contributed by atoms with Gasteiger partial charge in [-0.1, -0.05) is 24.3 Å². The van der Waals surface area contributed by atoms with Crippen LogP contribution in [0.25, 0.3) is 10.8 Å². The summed E-state index contributed by atoms with van der Waals surface area (Å²) in [4.78, 5) is 24.6. The second kappa shape index (κ2) is 8.28. The van der Waals surface area contributed by atoms with Gasteiger partial charge in [0.05, 0.1) is 4.90 Å². The number of anilines is 2. The minimum Gasteiger partial charge on any atom is -0.326 e. The SMILES string of the molecule is CC(=O)Nc1ccc(S(=O)(=O)N2CCCC2C(=O)Nc2ccc3c4c(cccc24)CC3)cc1. The van der Waals surface area contributed by atoms with Gasteiger partial charge in [0.15, 0.2) is 0 Å². The number of hydrogen-bond acceptors (Lipinski definition) is 4. The van der Waals surface area contributed by atoms with Crippen LogP contribution in [0.4, 0.5) is 11.4 Å². The molecule has 3 aromatic rings. The molecule has 1 fully saturated rings. The van der Waals surface area contributed by atoms with Crippen molar-refractivity contribution in [1.82, 2.24) is 4.31 Å². The molecule has 3 aromatic carbocycles. The highest BCUT2D eigenvalue weighted by molar-refractivity contribution is 7.89. The normalized spacial score (nSPS) is 17.9. The van der Waals surface area contributed by atoms with Gasteiger partial charge < -0.3 is 10.6 Å². The lowest BCUT2D eigenvalue weighted by atomic mass is 10.0. The first-order valence-corrected chi connectivity index (χ1v) is 12.5. The van der Waals surface area contributed by atoms with Crippen LogP contribution in [-0.2, 0) is 32.5 Å². The zero-order valence-corrected chi connectivity index (χ0v) is 19.1. The lowest BCUT2D eigenvalue weighted by molar-refractivity contribution is -0.119. The van der Waals surface area contributed by atoms with E-state index in [1.54, 1.807) is 12.1 Å². The summed E-state index contributed by atoms with van der Waals surface area (Å²) in [7, 11) is -3.86. The number of hydrogen-bond donors (Lipinski definition) is 2. The molecule has 0 spiro atoms. The third-order valence-corrected chi connectivity index (χ3v) is 8.34. The highest BCUT2D eigenvalue weighted by atomic mass is 32.2. The standard InChI is InChI=1S/C25H25N3O4S/c1-16(29)26-19-10-12-20(13-11-19)33(31,32)28-15-3-6-23(28)25(30)27-22-14-9-18-8-7-17-4-2-5-21(22)24(17)18/h2,4-5,9-14,23H,3,6-8,15H2,1H3,(H,26,29)(H,27,30). The molecule has 1 aliphatic carbocycles. The van der Waals surface area contributed by atoms with Crippen molar-refractivity contribution in [3.8, 4) is 0 Å². The lowest BCUT2D eigenvalue weighted by Gasteiger charge is -2.24. The molecular weight excluding hydrogens is 438 g/mol. The molecule has 0 aromatic heterocycles. The average molecular weight is 464 g/mol. The van der Waals surface area contributed by atoms with Gasteiger partial charge in [0.1, 0.15) is 6.04 Å². The minimum atomic E-state index is -3.86. The van der Waals surface area contributed by atoms with Crippen LogP contribution in [0, 0.1) is 0 Å². The van der Waals surface area contributed by atoms with Gasteiger partial charge in [-0.2, -0.15) is 4.31 Å². The summed E-state index contributed by atoms with van der Waals surface area (Å²) >= 11 is 0. The average Bonchev–Trinajstić information content (AvgIpc) is 3.45. The molecule has 0 radical (unpaired) electrons. The van der Waals surface area contributed by atoms with Gasteiger partial charge in [-0.25, -0.2) is 8.42 Å². The fourth-order valence-corrected chi connectivity index (χ4v) is 6.57. The Morgan fingerprint density at radius 3 is 2.39 bits per heavy atom. The Morgan fingerprint density at radius 1 is 0.939 bits per heavy atom. The molecule has 5 rings (SSSR count). The fourth-order valence-electron chi connectivity index (χ4n) is 4.91. The van der Waals surface area contributed by atoms with Crippen molar-refractivity contribution < 1.29 is 18.0 Å². The summed E-state index contributed by atoms with van der Waals surface area (Å²) in [5.74, 6) is -0.547. The first kappa shape index (κ1) is 21.6. The Bertz CT molecular complexity index is 1360. The van der Waals surface area contributed by atoms with Gasteiger partial charge in [-0.3, -0.25) is 9.59 Å². The molecule has 1 saturated heterocycles. The van der Waals surface area contributed by atoms with E-state index in [2.05, 4.69) is 16.7 Å². The molecule has 2 aliphatic rings. The molecular formula is C25H25N3O4S. The molecule has 170 valence electrons. The van der Waals surface area contributed by atoms with Crippen LogP contribution in [0.5, 0.6) is 0 Å². The van der Waals surface area contributed by atoms with Crippen LogP contribution in [0.15, 0.2) is 59.5 Å². The molecule has 2 N–H and O–H groups in total. The number of amides is 2. The molecule has 1 heterocycles. The fraction of sp³-hybridized carbons (Fsp3) is 0.280. The second-order valence-electron chi connectivity index (χ2n) is 8.58. The highest BCUT2D eigenvalue weighted by Crippen LogP contribution is 2.35. The Morgan fingerprint density at radius 2 is 1.67 bits per heavy atom. The van der Waals surface area contributed by atoms with E-state index in [4.69, 9.17) is 0 Å². The van der Waals surface area contributed by atoms with Gasteiger partial charge in [-0.05, 0) is 72.5 Å². The Hall–Kier alpha value is -3.23. The zero-order chi connectivity index (χ0) is 23.2. The van der Waals surface area contributed by atoms with Crippen molar-refractivity contribution in [3.05, 3.63) is 65.7 Å². The van der Waals surface area contributed by atoms with E-state index in [-0.39, 0.29) is 23.3 Å². The van der Waals surface area contributed by atoms with E-state index in [9.17, 15) is 18.0 Å². The summed E-state index contributed by atoms with van der Waals surface area (Å²) in [5, 5.41) is 7.82. The maximum atomic E-state index is 13.3.